The van der Waals surface area contributed by atoms with Gasteiger partial charge < -0.3 is 10.2 Å². The molecule has 4 aliphatic rings. The molecular weight excluding hydrogens is 374 g/mol. The van der Waals surface area contributed by atoms with E-state index in [1.807, 2.05) is 10.9 Å². The van der Waals surface area contributed by atoms with Crippen LogP contribution in [0.4, 0.5) is 0 Å². The first kappa shape index (κ1) is 20.9. The maximum atomic E-state index is 11.4. The number of nitrogens with zero attached hydrogens (tertiary/aromatic N) is 3. The third-order valence-electron chi connectivity index (χ3n) is 10.8. The second-order valence-corrected chi connectivity index (χ2v) is 12.2. The van der Waals surface area contributed by atoms with Gasteiger partial charge in [-0.3, -0.25) is 0 Å². The first-order valence-corrected chi connectivity index (χ1v) is 12.4. The number of hydrogen-bond acceptors (Lipinski definition) is 4. The summed E-state index contributed by atoms with van der Waals surface area (Å²) >= 11 is 0. The van der Waals surface area contributed by atoms with E-state index in [0.29, 0.717) is 17.3 Å². The predicted molar refractivity (Wildman–Crippen MR) is 117 cm³/mol. The molecule has 0 bridgehead atoms. The molecule has 168 valence electrons. The van der Waals surface area contributed by atoms with E-state index in [-0.39, 0.29) is 17.6 Å². The normalized spacial score (nSPS) is 50.3. The lowest BCUT2D eigenvalue weighted by Crippen LogP contribution is -2.56. The molecule has 1 heterocycles. The van der Waals surface area contributed by atoms with Crippen LogP contribution in [0.15, 0.2) is 12.4 Å². The Morgan fingerprint density at radius 2 is 1.73 bits per heavy atom. The van der Waals surface area contributed by atoms with Gasteiger partial charge in [-0.15, -0.1) is 5.10 Å². The van der Waals surface area contributed by atoms with E-state index in [4.69, 9.17) is 0 Å². The standard InChI is InChI=1S/C25H41N3O2/c1-16(28-14-13-26-27-28)22(29)21-8-7-19-18-6-5-17-15-23(2,30)11-12-24(17,3)20(18)9-10-25(19,21)4/h13-14,16-22,29-30H,5-12,15H2,1-4H3/t16-,17-,18+,19+,20+,21-,22?,23-,24+,25+/m1/s1. The zero-order valence-corrected chi connectivity index (χ0v) is 19.3. The maximum absolute atomic E-state index is 11.4. The van der Waals surface area contributed by atoms with Crippen molar-refractivity contribution in [2.45, 2.75) is 103 Å². The largest absolute Gasteiger partial charge is 0.391 e. The van der Waals surface area contributed by atoms with Crippen molar-refractivity contribution in [1.82, 2.24) is 15.0 Å². The van der Waals surface area contributed by atoms with Crippen molar-refractivity contribution in [3.8, 4) is 0 Å². The highest BCUT2D eigenvalue weighted by atomic mass is 16.3. The van der Waals surface area contributed by atoms with Crippen molar-refractivity contribution in [3.05, 3.63) is 12.4 Å². The molecule has 5 nitrogen and oxygen atoms in total. The predicted octanol–water partition coefficient (Wildman–Crippen LogP) is 4.61. The number of rotatable bonds is 3. The Labute approximate surface area is 181 Å². The molecule has 0 amide bonds. The lowest BCUT2D eigenvalue weighted by molar-refractivity contribution is -0.151. The summed E-state index contributed by atoms with van der Waals surface area (Å²) < 4.78 is 1.83. The molecule has 10 atom stereocenters. The van der Waals surface area contributed by atoms with Crippen LogP contribution in [-0.2, 0) is 0 Å². The fourth-order valence-electron chi connectivity index (χ4n) is 8.96. The topological polar surface area (TPSA) is 71.2 Å². The van der Waals surface area contributed by atoms with E-state index in [2.05, 4.69) is 38.0 Å². The Morgan fingerprint density at radius 3 is 2.47 bits per heavy atom. The average Bonchev–Trinajstić information content (AvgIpc) is 3.35. The van der Waals surface area contributed by atoms with E-state index >= 15 is 0 Å². The van der Waals surface area contributed by atoms with Gasteiger partial charge in [0.1, 0.15) is 0 Å². The lowest BCUT2D eigenvalue weighted by atomic mass is 9.44. The quantitative estimate of drug-likeness (QED) is 0.756. The zero-order chi connectivity index (χ0) is 21.3. The summed E-state index contributed by atoms with van der Waals surface area (Å²) in [5.41, 5.74) is 0.177. The van der Waals surface area contributed by atoms with Gasteiger partial charge in [-0.1, -0.05) is 19.1 Å². The van der Waals surface area contributed by atoms with E-state index in [1.54, 1.807) is 6.20 Å². The molecule has 1 aromatic heterocycles. The number of aromatic nitrogens is 3. The van der Waals surface area contributed by atoms with Crippen molar-refractivity contribution in [1.29, 1.82) is 0 Å². The summed E-state index contributed by atoms with van der Waals surface area (Å²) in [6.07, 6.45) is 13.9. The molecule has 0 radical (unpaired) electrons. The third-order valence-corrected chi connectivity index (χ3v) is 10.8. The van der Waals surface area contributed by atoms with E-state index in [0.717, 1.165) is 37.0 Å². The molecular formula is C25H41N3O2. The van der Waals surface area contributed by atoms with Crippen LogP contribution >= 0.6 is 0 Å². The van der Waals surface area contributed by atoms with Gasteiger partial charge in [-0.2, -0.15) is 0 Å². The molecule has 30 heavy (non-hydrogen) atoms. The first-order valence-electron chi connectivity index (χ1n) is 12.4. The van der Waals surface area contributed by atoms with Crippen LogP contribution in [0.3, 0.4) is 0 Å². The van der Waals surface area contributed by atoms with E-state index < -0.39 is 5.60 Å². The highest BCUT2D eigenvalue weighted by molar-refractivity contribution is 5.11. The Hall–Kier alpha value is -0.940. The average molecular weight is 416 g/mol. The van der Waals surface area contributed by atoms with Crippen LogP contribution < -0.4 is 0 Å². The Balaban J connectivity index is 1.37. The molecule has 0 aliphatic heterocycles. The van der Waals surface area contributed by atoms with E-state index in [1.165, 1.54) is 38.5 Å². The van der Waals surface area contributed by atoms with Crippen LogP contribution in [0.25, 0.3) is 0 Å². The zero-order valence-electron chi connectivity index (χ0n) is 19.3. The fourth-order valence-corrected chi connectivity index (χ4v) is 8.96. The highest BCUT2D eigenvalue weighted by Crippen LogP contribution is 2.68. The molecule has 2 N–H and O–H groups in total. The minimum atomic E-state index is -0.458. The molecule has 0 saturated heterocycles. The van der Waals surface area contributed by atoms with Crippen molar-refractivity contribution in [3.63, 3.8) is 0 Å². The van der Waals surface area contributed by atoms with Crippen LogP contribution in [0.5, 0.6) is 0 Å². The fraction of sp³-hybridized carbons (Fsp3) is 0.920. The number of aliphatic hydroxyl groups is 2. The molecule has 1 aromatic rings. The van der Waals surface area contributed by atoms with Gasteiger partial charge in [0, 0.05) is 6.20 Å². The Bertz CT molecular complexity index is 764. The summed E-state index contributed by atoms with van der Waals surface area (Å²) in [6, 6.07) is -0.0281. The SMILES string of the molecule is C[C@H](C(O)[C@H]1CC[C@H]2[C@@H]3CC[C@@H]4C[C@](C)(O)CC[C@]4(C)[C@H]3CC[C@]12C)n1ccnn1. The maximum Gasteiger partial charge on any atom is 0.0795 e. The highest BCUT2D eigenvalue weighted by Gasteiger charge is 2.61. The number of fused-ring (bicyclic) bond motifs is 5. The number of aliphatic hydroxyl groups excluding tert-OH is 1. The van der Waals surface area contributed by atoms with Gasteiger partial charge in [-0.25, -0.2) is 4.68 Å². The third kappa shape index (κ3) is 3.02. The minimum absolute atomic E-state index is 0.0281. The monoisotopic (exact) mass is 415 g/mol. The van der Waals surface area contributed by atoms with Crippen LogP contribution in [-0.4, -0.2) is 36.9 Å². The van der Waals surface area contributed by atoms with Crippen molar-refractivity contribution in [2.75, 3.05) is 0 Å². The van der Waals surface area contributed by atoms with Crippen LogP contribution in [0.1, 0.15) is 91.5 Å². The van der Waals surface area contributed by atoms with Gasteiger partial charge in [0.15, 0.2) is 0 Å². The molecule has 0 aromatic carbocycles. The molecule has 4 aliphatic carbocycles. The minimum Gasteiger partial charge on any atom is -0.391 e. The van der Waals surface area contributed by atoms with Gasteiger partial charge in [0.25, 0.3) is 0 Å². The van der Waals surface area contributed by atoms with Gasteiger partial charge in [0.2, 0.25) is 0 Å². The molecule has 1 unspecified atom stereocenters. The van der Waals surface area contributed by atoms with Gasteiger partial charge >= 0.3 is 0 Å². The summed E-state index contributed by atoms with van der Waals surface area (Å²) in [5.74, 6) is 3.36. The smallest absolute Gasteiger partial charge is 0.0795 e. The molecule has 0 spiro atoms. The van der Waals surface area contributed by atoms with Crippen molar-refractivity contribution in [2.24, 2.45) is 40.4 Å². The van der Waals surface area contributed by atoms with Crippen molar-refractivity contribution < 1.29 is 10.2 Å². The summed E-state index contributed by atoms with van der Waals surface area (Å²) in [6.45, 7) is 9.18. The Kier molecular flexibility index (Phi) is 4.91. The summed E-state index contributed by atoms with van der Waals surface area (Å²) in [4.78, 5) is 0. The lowest BCUT2D eigenvalue weighted by Gasteiger charge is -2.62. The molecule has 5 heteroatoms. The molecule has 4 saturated carbocycles. The van der Waals surface area contributed by atoms with E-state index in [9.17, 15) is 10.2 Å². The summed E-state index contributed by atoms with van der Waals surface area (Å²) in [5, 5.41) is 30.2. The number of hydrogen-bond donors (Lipinski definition) is 2. The Morgan fingerprint density at radius 1 is 0.967 bits per heavy atom. The second kappa shape index (κ2) is 7.03. The van der Waals surface area contributed by atoms with Gasteiger partial charge in [0.05, 0.1) is 23.9 Å². The second-order valence-electron chi connectivity index (χ2n) is 12.2. The van der Waals surface area contributed by atoms with Gasteiger partial charge in [-0.05, 0) is 112 Å². The molecule has 4 fully saturated rings. The first-order chi connectivity index (χ1) is 14.2. The van der Waals surface area contributed by atoms with Crippen molar-refractivity contribution >= 4 is 0 Å². The summed E-state index contributed by atoms with van der Waals surface area (Å²) in [7, 11) is 0. The molecule has 5 rings (SSSR count). The van der Waals surface area contributed by atoms with Crippen LogP contribution in [0, 0.1) is 40.4 Å². The van der Waals surface area contributed by atoms with Crippen LogP contribution in [0.2, 0.25) is 0 Å².